The zero-order valence-electron chi connectivity index (χ0n) is 7.24. The Morgan fingerprint density at radius 3 is 2.27 bits per heavy atom. The smallest absolute Gasteiger partial charge is 0.0223 e. The summed E-state index contributed by atoms with van der Waals surface area (Å²) in [5, 5.41) is 3.36. The van der Waals surface area contributed by atoms with E-state index in [2.05, 4.69) is 12.2 Å². The molecule has 0 heterocycles. The molecule has 11 heavy (non-hydrogen) atoms. The summed E-state index contributed by atoms with van der Waals surface area (Å²) in [5.41, 5.74) is 0. The highest BCUT2D eigenvalue weighted by atomic mass is 35.5. The fourth-order valence-electron chi connectivity index (χ4n) is 0.771. The van der Waals surface area contributed by atoms with Gasteiger partial charge in [0.05, 0.1) is 0 Å². The fourth-order valence-corrected chi connectivity index (χ4v) is 0.960. The van der Waals surface area contributed by atoms with E-state index in [1.54, 1.807) is 0 Å². The van der Waals surface area contributed by atoms with Crippen molar-refractivity contribution in [2.24, 2.45) is 0 Å². The average Bonchev–Trinajstić information content (AvgIpc) is 1.97. The molecule has 0 aromatic carbocycles. The molecular weight excluding hydrogens is 181 g/mol. The Balaban J connectivity index is 0. The highest BCUT2D eigenvalue weighted by Gasteiger charge is 1.86. The minimum absolute atomic E-state index is 0. The Morgan fingerprint density at radius 1 is 1.09 bits per heavy atom. The van der Waals surface area contributed by atoms with Gasteiger partial charge in [0.15, 0.2) is 0 Å². The van der Waals surface area contributed by atoms with E-state index in [9.17, 15) is 0 Å². The van der Waals surface area contributed by atoms with Crippen LogP contribution in [-0.2, 0) is 0 Å². The second-order valence-electron chi connectivity index (χ2n) is 2.50. The predicted octanol–water partition coefficient (Wildman–Crippen LogP) is 2.82. The first-order valence-corrected chi connectivity index (χ1v) is 4.72. The van der Waals surface area contributed by atoms with Crippen molar-refractivity contribution >= 4 is 24.0 Å². The van der Waals surface area contributed by atoms with Crippen LogP contribution in [-0.4, -0.2) is 19.0 Å². The lowest BCUT2D eigenvalue weighted by Crippen LogP contribution is -2.16. The molecule has 70 valence electrons. The summed E-state index contributed by atoms with van der Waals surface area (Å²) in [6.45, 7) is 4.51. The maximum absolute atomic E-state index is 5.51. The van der Waals surface area contributed by atoms with Crippen molar-refractivity contribution < 1.29 is 0 Å². The van der Waals surface area contributed by atoms with Gasteiger partial charge in [-0.2, -0.15) is 0 Å². The fraction of sp³-hybridized carbons (Fsp3) is 1.00. The second-order valence-corrected chi connectivity index (χ2v) is 2.88. The number of hydrogen-bond donors (Lipinski definition) is 1. The number of rotatable bonds is 7. The monoisotopic (exact) mass is 199 g/mol. The molecule has 0 radical (unpaired) electrons. The van der Waals surface area contributed by atoms with Crippen LogP contribution in [0, 0.1) is 0 Å². The van der Waals surface area contributed by atoms with Crippen molar-refractivity contribution in [1.29, 1.82) is 0 Å². The molecule has 0 unspecified atom stereocenters. The van der Waals surface area contributed by atoms with E-state index in [0.29, 0.717) is 0 Å². The van der Waals surface area contributed by atoms with E-state index in [1.165, 1.54) is 25.8 Å². The van der Waals surface area contributed by atoms with Gasteiger partial charge in [0.2, 0.25) is 0 Å². The SMILES string of the molecule is CCCCNCCCCCl.Cl. The number of hydrogen-bond acceptors (Lipinski definition) is 1. The van der Waals surface area contributed by atoms with Crippen LogP contribution in [0.2, 0.25) is 0 Å². The van der Waals surface area contributed by atoms with Gasteiger partial charge >= 0.3 is 0 Å². The predicted molar refractivity (Wildman–Crippen MR) is 55.0 cm³/mol. The minimum Gasteiger partial charge on any atom is -0.317 e. The third kappa shape index (κ3) is 13.5. The summed E-state index contributed by atoms with van der Waals surface area (Å²) in [4.78, 5) is 0. The standard InChI is InChI=1S/C8H18ClN.ClH/c1-2-3-7-10-8-5-4-6-9;/h10H,2-8H2,1H3;1H. The molecule has 0 amide bonds. The molecule has 0 bridgehead atoms. The topological polar surface area (TPSA) is 12.0 Å². The highest BCUT2D eigenvalue weighted by molar-refractivity contribution is 6.17. The Labute approximate surface area is 81.3 Å². The van der Waals surface area contributed by atoms with Crippen LogP contribution in [0.3, 0.4) is 0 Å². The normalized spacial score (nSPS) is 9.27. The van der Waals surface area contributed by atoms with Crippen molar-refractivity contribution in [3.05, 3.63) is 0 Å². The van der Waals surface area contributed by atoms with Gasteiger partial charge in [-0.05, 0) is 32.4 Å². The highest BCUT2D eigenvalue weighted by Crippen LogP contribution is 1.89. The molecule has 3 heteroatoms. The van der Waals surface area contributed by atoms with E-state index in [-0.39, 0.29) is 12.4 Å². The zero-order valence-corrected chi connectivity index (χ0v) is 8.81. The lowest BCUT2D eigenvalue weighted by atomic mass is 10.3. The Hall–Kier alpha value is 0.540. The maximum atomic E-state index is 5.51. The first kappa shape index (κ1) is 14.1. The molecule has 0 fully saturated rings. The number of halogens is 2. The van der Waals surface area contributed by atoms with E-state index in [0.717, 1.165) is 18.8 Å². The summed E-state index contributed by atoms with van der Waals surface area (Å²) >= 11 is 5.51. The van der Waals surface area contributed by atoms with Gasteiger partial charge < -0.3 is 5.32 Å². The van der Waals surface area contributed by atoms with E-state index >= 15 is 0 Å². The average molecular weight is 200 g/mol. The van der Waals surface area contributed by atoms with Crippen LogP contribution < -0.4 is 5.32 Å². The minimum atomic E-state index is 0. The van der Waals surface area contributed by atoms with E-state index in [1.807, 2.05) is 0 Å². The molecule has 0 atom stereocenters. The number of unbranched alkanes of at least 4 members (excludes halogenated alkanes) is 2. The van der Waals surface area contributed by atoms with Gasteiger partial charge in [-0.15, -0.1) is 24.0 Å². The van der Waals surface area contributed by atoms with Crippen molar-refractivity contribution in [3.63, 3.8) is 0 Å². The third-order valence-corrected chi connectivity index (χ3v) is 1.71. The van der Waals surface area contributed by atoms with Gasteiger partial charge in [0.1, 0.15) is 0 Å². The van der Waals surface area contributed by atoms with Crippen LogP contribution in [0.15, 0.2) is 0 Å². The lowest BCUT2D eigenvalue weighted by molar-refractivity contribution is 0.612. The number of nitrogens with one attached hydrogen (secondary N) is 1. The molecule has 0 aliphatic heterocycles. The van der Waals surface area contributed by atoms with Crippen LogP contribution in [0.4, 0.5) is 0 Å². The van der Waals surface area contributed by atoms with Crippen molar-refractivity contribution in [1.82, 2.24) is 5.32 Å². The Bertz CT molecular complexity index is 52.1. The number of alkyl halides is 1. The molecule has 0 spiro atoms. The summed E-state index contributed by atoms with van der Waals surface area (Å²) < 4.78 is 0. The summed E-state index contributed by atoms with van der Waals surface area (Å²) in [6.07, 6.45) is 4.93. The quantitative estimate of drug-likeness (QED) is 0.492. The lowest BCUT2D eigenvalue weighted by Gasteiger charge is -2.00. The molecule has 0 saturated heterocycles. The third-order valence-electron chi connectivity index (χ3n) is 1.44. The summed E-state index contributed by atoms with van der Waals surface area (Å²) in [5.74, 6) is 0.801. The van der Waals surface area contributed by atoms with Gasteiger partial charge in [0.25, 0.3) is 0 Å². The van der Waals surface area contributed by atoms with Gasteiger partial charge in [0, 0.05) is 5.88 Å². The van der Waals surface area contributed by atoms with Crippen LogP contribution in [0.25, 0.3) is 0 Å². The van der Waals surface area contributed by atoms with Gasteiger partial charge in [-0.1, -0.05) is 13.3 Å². The van der Waals surface area contributed by atoms with Crippen LogP contribution in [0.1, 0.15) is 32.6 Å². The summed E-state index contributed by atoms with van der Waals surface area (Å²) in [6, 6.07) is 0. The molecule has 0 saturated carbocycles. The van der Waals surface area contributed by atoms with Crippen molar-refractivity contribution in [2.45, 2.75) is 32.6 Å². The second kappa shape index (κ2) is 13.2. The Morgan fingerprint density at radius 2 is 1.73 bits per heavy atom. The first-order chi connectivity index (χ1) is 4.91. The van der Waals surface area contributed by atoms with Crippen LogP contribution in [0.5, 0.6) is 0 Å². The molecular formula is C8H19Cl2N. The van der Waals surface area contributed by atoms with Gasteiger partial charge in [-0.25, -0.2) is 0 Å². The first-order valence-electron chi connectivity index (χ1n) is 4.18. The molecule has 0 aromatic rings. The molecule has 0 rings (SSSR count). The molecule has 0 aromatic heterocycles. The van der Waals surface area contributed by atoms with Crippen LogP contribution >= 0.6 is 24.0 Å². The molecule has 1 N–H and O–H groups in total. The molecule has 0 aliphatic rings. The van der Waals surface area contributed by atoms with Crippen molar-refractivity contribution in [2.75, 3.05) is 19.0 Å². The Kier molecular flexibility index (Phi) is 16.8. The zero-order chi connectivity index (χ0) is 7.66. The summed E-state index contributed by atoms with van der Waals surface area (Å²) in [7, 11) is 0. The molecule has 0 aliphatic carbocycles. The van der Waals surface area contributed by atoms with Gasteiger partial charge in [-0.3, -0.25) is 0 Å². The maximum Gasteiger partial charge on any atom is 0.0223 e. The van der Waals surface area contributed by atoms with E-state index < -0.39 is 0 Å². The van der Waals surface area contributed by atoms with E-state index in [4.69, 9.17) is 11.6 Å². The molecule has 1 nitrogen and oxygen atoms in total. The largest absolute Gasteiger partial charge is 0.317 e. The van der Waals surface area contributed by atoms with Crippen molar-refractivity contribution in [3.8, 4) is 0 Å².